The standard InChI is InChI=1S/C14H10FIN2O/c15-12-6-3-5-10(8-12)14(19)18-17-9-11-4-1-2-7-13(11)16/h1-9H,(H,18,19). The minimum absolute atomic E-state index is 0.236. The summed E-state index contributed by atoms with van der Waals surface area (Å²) in [5, 5.41) is 3.86. The summed E-state index contributed by atoms with van der Waals surface area (Å²) in [6, 6.07) is 13.1. The molecule has 5 heteroatoms. The molecule has 0 heterocycles. The quantitative estimate of drug-likeness (QED) is 0.505. The average molecular weight is 368 g/mol. The molecule has 2 rings (SSSR count). The van der Waals surface area contributed by atoms with E-state index in [1.807, 2.05) is 24.3 Å². The van der Waals surface area contributed by atoms with Gasteiger partial charge >= 0.3 is 0 Å². The van der Waals surface area contributed by atoms with Crippen LogP contribution < -0.4 is 5.43 Å². The van der Waals surface area contributed by atoms with Crippen molar-refractivity contribution in [2.24, 2.45) is 5.10 Å². The fourth-order valence-electron chi connectivity index (χ4n) is 1.43. The summed E-state index contributed by atoms with van der Waals surface area (Å²) in [7, 11) is 0. The van der Waals surface area contributed by atoms with Crippen molar-refractivity contribution in [3.05, 3.63) is 69.0 Å². The number of carbonyl (C=O) groups excluding carboxylic acids is 1. The molecule has 0 radical (unpaired) electrons. The summed E-state index contributed by atoms with van der Waals surface area (Å²) in [6.45, 7) is 0. The predicted molar refractivity (Wildman–Crippen MR) is 80.6 cm³/mol. The van der Waals surface area contributed by atoms with Gasteiger partial charge in [0.05, 0.1) is 6.21 Å². The molecule has 2 aromatic carbocycles. The van der Waals surface area contributed by atoms with Gasteiger partial charge in [0.25, 0.3) is 5.91 Å². The van der Waals surface area contributed by atoms with Crippen LogP contribution in [0.5, 0.6) is 0 Å². The van der Waals surface area contributed by atoms with E-state index in [-0.39, 0.29) is 5.56 Å². The Balaban J connectivity index is 2.03. The predicted octanol–water partition coefficient (Wildman–Crippen LogP) is 3.19. The second kappa shape index (κ2) is 6.42. The highest BCUT2D eigenvalue weighted by atomic mass is 127. The van der Waals surface area contributed by atoms with Gasteiger partial charge in [0, 0.05) is 14.7 Å². The highest BCUT2D eigenvalue weighted by molar-refractivity contribution is 14.1. The Labute approximate surface area is 123 Å². The van der Waals surface area contributed by atoms with Gasteiger partial charge in [0.2, 0.25) is 0 Å². The molecule has 0 aliphatic carbocycles. The largest absolute Gasteiger partial charge is 0.271 e. The second-order valence-electron chi connectivity index (χ2n) is 3.73. The van der Waals surface area contributed by atoms with Crippen molar-refractivity contribution in [1.29, 1.82) is 0 Å². The molecule has 0 saturated heterocycles. The Bertz CT molecular complexity index is 628. The lowest BCUT2D eigenvalue weighted by atomic mass is 10.2. The van der Waals surface area contributed by atoms with Crippen LogP contribution in [0, 0.1) is 9.39 Å². The molecule has 0 aliphatic heterocycles. The van der Waals surface area contributed by atoms with E-state index in [4.69, 9.17) is 0 Å². The second-order valence-corrected chi connectivity index (χ2v) is 4.89. The fourth-order valence-corrected chi connectivity index (χ4v) is 1.96. The molecule has 1 N–H and O–H groups in total. The number of halogens is 2. The number of carbonyl (C=O) groups is 1. The molecule has 0 atom stereocenters. The number of nitrogens with zero attached hydrogens (tertiary/aromatic N) is 1. The Morgan fingerprint density at radius 2 is 2.00 bits per heavy atom. The van der Waals surface area contributed by atoms with Gasteiger partial charge in [-0.15, -0.1) is 0 Å². The van der Waals surface area contributed by atoms with E-state index < -0.39 is 11.7 Å². The Hall–Kier alpha value is -1.76. The van der Waals surface area contributed by atoms with Crippen molar-refractivity contribution in [2.75, 3.05) is 0 Å². The van der Waals surface area contributed by atoms with E-state index in [1.165, 1.54) is 18.2 Å². The lowest BCUT2D eigenvalue weighted by molar-refractivity contribution is 0.0954. The lowest BCUT2D eigenvalue weighted by Gasteiger charge is -2.00. The zero-order valence-electron chi connectivity index (χ0n) is 9.81. The van der Waals surface area contributed by atoms with Crippen LogP contribution in [0.15, 0.2) is 53.6 Å². The average Bonchev–Trinajstić information content (AvgIpc) is 2.41. The normalized spacial score (nSPS) is 10.6. The molecule has 0 aliphatic rings. The Morgan fingerprint density at radius 3 is 2.74 bits per heavy atom. The molecule has 3 nitrogen and oxygen atoms in total. The molecule has 19 heavy (non-hydrogen) atoms. The van der Waals surface area contributed by atoms with Crippen molar-refractivity contribution in [2.45, 2.75) is 0 Å². The number of hydrazone groups is 1. The monoisotopic (exact) mass is 368 g/mol. The first-order chi connectivity index (χ1) is 9.16. The molecule has 96 valence electrons. The number of rotatable bonds is 3. The molecule has 0 saturated carbocycles. The summed E-state index contributed by atoms with van der Waals surface area (Å²) >= 11 is 2.18. The third kappa shape index (κ3) is 3.85. The smallest absolute Gasteiger partial charge is 0.267 e. The minimum atomic E-state index is -0.450. The Morgan fingerprint density at radius 1 is 1.21 bits per heavy atom. The number of benzene rings is 2. The summed E-state index contributed by atoms with van der Waals surface area (Å²) in [6.07, 6.45) is 1.55. The Kier molecular flexibility index (Phi) is 4.62. The summed E-state index contributed by atoms with van der Waals surface area (Å²) in [5.74, 6) is -0.893. The molecule has 1 amide bonds. The zero-order chi connectivity index (χ0) is 13.7. The molecular formula is C14H10FIN2O. The van der Waals surface area contributed by atoms with E-state index in [1.54, 1.807) is 6.21 Å². The van der Waals surface area contributed by atoms with Gasteiger partial charge in [-0.1, -0.05) is 24.3 Å². The van der Waals surface area contributed by atoms with E-state index in [0.29, 0.717) is 0 Å². The van der Waals surface area contributed by atoms with Gasteiger partial charge in [0.1, 0.15) is 5.82 Å². The maximum Gasteiger partial charge on any atom is 0.271 e. The van der Waals surface area contributed by atoms with E-state index in [9.17, 15) is 9.18 Å². The van der Waals surface area contributed by atoms with Gasteiger partial charge in [-0.2, -0.15) is 5.10 Å². The van der Waals surface area contributed by atoms with Gasteiger partial charge in [0.15, 0.2) is 0 Å². The van der Waals surface area contributed by atoms with Gasteiger partial charge < -0.3 is 0 Å². The maximum atomic E-state index is 12.9. The number of hydrogen-bond acceptors (Lipinski definition) is 2. The molecule has 0 unspecified atom stereocenters. The maximum absolute atomic E-state index is 12.9. The molecule has 0 fully saturated rings. The van der Waals surface area contributed by atoms with Crippen LogP contribution in [0.2, 0.25) is 0 Å². The topological polar surface area (TPSA) is 41.5 Å². The first-order valence-corrected chi connectivity index (χ1v) is 6.58. The van der Waals surface area contributed by atoms with Crippen LogP contribution in [-0.2, 0) is 0 Å². The summed E-state index contributed by atoms with van der Waals surface area (Å²) in [4.78, 5) is 11.7. The van der Waals surface area contributed by atoms with Crippen molar-refractivity contribution < 1.29 is 9.18 Å². The van der Waals surface area contributed by atoms with Crippen LogP contribution in [0.25, 0.3) is 0 Å². The summed E-state index contributed by atoms with van der Waals surface area (Å²) < 4.78 is 14.0. The SMILES string of the molecule is O=C(NN=Cc1ccccc1I)c1cccc(F)c1. The highest BCUT2D eigenvalue weighted by Crippen LogP contribution is 2.08. The molecule has 2 aromatic rings. The van der Waals surface area contributed by atoms with E-state index >= 15 is 0 Å². The fraction of sp³-hybridized carbons (Fsp3) is 0. The van der Waals surface area contributed by atoms with Crippen LogP contribution in [0.3, 0.4) is 0 Å². The van der Waals surface area contributed by atoms with Gasteiger partial charge in [-0.25, -0.2) is 9.82 Å². The van der Waals surface area contributed by atoms with Crippen molar-refractivity contribution >= 4 is 34.7 Å². The first kappa shape index (κ1) is 13.7. The third-order valence-electron chi connectivity index (χ3n) is 2.36. The van der Waals surface area contributed by atoms with Crippen LogP contribution in [0.1, 0.15) is 15.9 Å². The van der Waals surface area contributed by atoms with Crippen molar-refractivity contribution in [1.82, 2.24) is 5.43 Å². The first-order valence-electron chi connectivity index (χ1n) is 5.50. The lowest BCUT2D eigenvalue weighted by Crippen LogP contribution is -2.17. The number of hydrogen-bond donors (Lipinski definition) is 1. The van der Waals surface area contributed by atoms with E-state index in [0.717, 1.165) is 15.2 Å². The molecule has 0 spiro atoms. The number of amides is 1. The van der Waals surface area contributed by atoms with Gasteiger partial charge in [-0.05, 0) is 46.9 Å². The van der Waals surface area contributed by atoms with Crippen LogP contribution in [0.4, 0.5) is 4.39 Å². The zero-order valence-corrected chi connectivity index (χ0v) is 12.0. The van der Waals surface area contributed by atoms with Crippen LogP contribution >= 0.6 is 22.6 Å². The van der Waals surface area contributed by atoms with Crippen LogP contribution in [-0.4, -0.2) is 12.1 Å². The third-order valence-corrected chi connectivity index (χ3v) is 3.34. The number of nitrogens with one attached hydrogen (secondary N) is 1. The molecule has 0 bridgehead atoms. The minimum Gasteiger partial charge on any atom is -0.267 e. The highest BCUT2D eigenvalue weighted by Gasteiger charge is 2.04. The molecular weight excluding hydrogens is 358 g/mol. The van der Waals surface area contributed by atoms with E-state index in [2.05, 4.69) is 33.1 Å². The molecule has 0 aromatic heterocycles. The van der Waals surface area contributed by atoms with Crippen molar-refractivity contribution in [3.8, 4) is 0 Å². The van der Waals surface area contributed by atoms with Gasteiger partial charge in [-0.3, -0.25) is 4.79 Å². The van der Waals surface area contributed by atoms with Crippen molar-refractivity contribution in [3.63, 3.8) is 0 Å². The summed E-state index contributed by atoms with van der Waals surface area (Å²) in [5.41, 5.74) is 3.50.